The SMILES string of the molecule is CCCN(CCC)C(=O)C1=Cc2ccc(C(=O)Nc3cccc(C(=O)NN)c3)cc2N=C(N)C1.O=C(O)C(F)(F)F. The highest BCUT2D eigenvalue weighted by Gasteiger charge is 2.38. The molecule has 2 aromatic rings. The summed E-state index contributed by atoms with van der Waals surface area (Å²) < 4.78 is 31.7. The van der Waals surface area contributed by atoms with E-state index in [1.54, 1.807) is 42.5 Å². The van der Waals surface area contributed by atoms with Crippen molar-refractivity contribution in [1.82, 2.24) is 10.3 Å². The molecule has 0 radical (unpaired) electrons. The van der Waals surface area contributed by atoms with E-state index in [0.717, 1.165) is 18.4 Å². The Bertz CT molecular complexity index is 1350. The first-order valence-electron chi connectivity index (χ1n) is 12.5. The molecule has 0 aliphatic carbocycles. The maximum absolute atomic E-state index is 13.1. The van der Waals surface area contributed by atoms with Crippen LogP contribution in [0.5, 0.6) is 0 Å². The number of amides is 3. The minimum atomic E-state index is -5.08. The van der Waals surface area contributed by atoms with Gasteiger partial charge in [0.2, 0.25) is 5.91 Å². The highest BCUT2D eigenvalue weighted by atomic mass is 19.4. The van der Waals surface area contributed by atoms with Crippen molar-refractivity contribution in [1.29, 1.82) is 0 Å². The number of hydrogen-bond acceptors (Lipinski definition) is 7. The minimum Gasteiger partial charge on any atom is -0.475 e. The van der Waals surface area contributed by atoms with Crippen LogP contribution >= 0.6 is 0 Å². The van der Waals surface area contributed by atoms with E-state index < -0.39 is 18.1 Å². The van der Waals surface area contributed by atoms with Gasteiger partial charge in [0.1, 0.15) is 5.84 Å². The van der Waals surface area contributed by atoms with Crippen molar-refractivity contribution in [2.75, 3.05) is 18.4 Å². The van der Waals surface area contributed by atoms with Gasteiger partial charge < -0.3 is 21.1 Å². The number of carbonyl (C=O) groups is 4. The van der Waals surface area contributed by atoms with Gasteiger partial charge in [-0.25, -0.2) is 15.6 Å². The number of nitrogens with zero attached hydrogens (tertiary/aromatic N) is 2. The first kappa shape index (κ1) is 32.5. The van der Waals surface area contributed by atoms with Crippen LogP contribution in [0.15, 0.2) is 53.0 Å². The van der Waals surface area contributed by atoms with Crippen LogP contribution < -0.4 is 22.3 Å². The number of nitrogen functional groups attached to an aromatic ring is 1. The lowest BCUT2D eigenvalue weighted by atomic mass is 10.0. The van der Waals surface area contributed by atoms with Gasteiger partial charge in [0.25, 0.3) is 11.8 Å². The number of amidine groups is 1. The predicted molar refractivity (Wildman–Crippen MR) is 147 cm³/mol. The zero-order valence-electron chi connectivity index (χ0n) is 22.4. The molecule has 41 heavy (non-hydrogen) atoms. The Morgan fingerprint density at radius 3 is 2.17 bits per heavy atom. The first-order valence-corrected chi connectivity index (χ1v) is 12.5. The topological polar surface area (TPSA) is 180 Å². The largest absolute Gasteiger partial charge is 0.490 e. The summed E-state index contributed by atoms with van der Waals surface area (Å²) >= 11 is 0. The number of aliphatic imine (C=N–C) groups is 1. The fourth-order valence-electron chi connectivity index (χ4n) is 3.75. The second kappa shape index (κ2) is 14.6. The number of aliphatic carboxylic acids is 1. The van der Waals surface area contributed by atoms with Crippen molar-refractivity contribution in [2.24, 2.45) is 16.6 Å². The molecule has 1 aliphatic rings. The number of alkyl halides is 3. The van der Waals surface area contributed by atoms with Crippen LogP contribution in [0.4, 0.5) is 24.5 Å². The molecule has 3 rings (SSSR count). The van der Waals surface area contributed by atoms with Crippen LogP contribution in [-0.4, -0.2) is 58.8 Å². The number of carboxylic acids is 1. The molecule has 14 heteroatoms. The summed E-state index contributed by atoms with van der Waals surface area (Å²) in [4.78, 5) is 52.8. The van der Waals surface area contributed by atoms with Gasteiger partial charge in [-0.2, -0.15) is 13.2 Å². The smallest absolute Gasteiger partial charge is 0.475 e. The standard InChI is InChI=1S/C25H30N6O3.C2HF3O2/c1-3-10-31(11-4-2)25(34)19-12-16-8-9-18(14-21(16)29-22(26)15-19)23(32)28-20-7-5-6-17(13-20)24(33)30-27;3-2(4,5)1(6)7/h5-9,12-14H,3-4,10-11,15,27H2,1-2H3,(H2,26,29)(H,28,32)(H,30,33);(H,6,7). The monoisotopic (exact) mass is 576 g/mol. The summed E-state index contributed by atoms with van der Waals surface area (Å²) in [6.07, 6.45) is -1.29. The summed E-state index contributed by atoms with van der Waals surface area (Å²) in [5, 5.41) is 9.89. The van der Waals surface area contributed by atoms with Crippen LogP contribution in [0.1, 0.15) is 59.4 Å². The molecule has 0 atom stereocenters. The van der Waals surface area contributed by atoms with Crippen molar-refractivity contribution in [3.05, 3.63) is 64.7 Å². The number of nitrogens with two attached hydrogens (primary N) is 2. The van der Waals surface area contributed by atoms with E-state index >= 15 is 0 Å². The summed E-state index contributed by atoms with van der Waals surface area (Å²) in [5.41, 5.74) is 11.1. The Morgan fingerprint density at radius 1 is 1.00 bits per heavy atom. The van der Waals surface area contributed by atoms with E-state index in [9.17, 15) is 27.6 Å². The number of halogens is 3. The highest BCUT2D eigenvalue weighted by molar-refractivity contribution is 6.08. The molecule has 0 aromatic heterocycles. The quantitative estimate of drug-likeness (QED) is 0.181. The van der Waals surface area contributed by atoms with Crippen molar-refractivity contribution < 1.29 is 37.5 Å². The molecule has 7 N–H and O–H groups in total. The normalized spacial score (nSPS) is 12.3. The second-order valence-electron chi connectivity index (χ2n) is 8.83. The van der Waals surface area contributed by atoms with Crippen molar-refractivity contribution in [3.63, 3.8) is 0 Å². The van der Waals surface area contributed by atoms with Crippen LogP contribution in [0.2, 0.25) is 0 Å². The number of fused-ring (bicyclic) bond motifs is 1. The number of nitrogens with one attached hydrogen (secondary N) is 2. The first-order chi connectivity index (χ1) is 19.3. The number of hydrazine groups is 1. The molecule has 0 saturated carbocycles. The fourth-order valence-corrected chi connectivity index (χ4v) is 3.75. The molecule has 220 valence electrons. The summed E-state index contributed by atoms with van der Waals surface area (Å²) in [6.45, 7) is 5.44. The predicted octanol–water partition coefficient (Wildman–Crippen LogP) is 3.60. The average molecular weight is 577 g/mol. The fraction of sp³-hybridized carbons (Fsp3) is 0.296. The zero-order valence-corrected chi connectivity index (χ0v) is 22.4. The van der Waals surface area contributed by atoms with Crippen LogP contribution in [0.3, 0.4) is 0 Å². The lowest BCUT2D eigenvalue weighted by Crippen LogP contribution is -2.34. The Balaban J connectivity index is 0.000000745. The number of anilines is 1. The summed E-state index contributed by atoms with van der Waals surface area (Å²) in [6, 6.07) is 11.5. The third-order valence-corrected chi connectivity index (χ3v) is 5.56. The number of hydrogen-bond donors (Lipinski definition) is 5. The molecule has 2 aromatic carbocycles. The third kappa shape index (κ3) is 9.46. The van der Waals surface area contributed by atoms with Gasteiger partial charge in [0.05, 0.1) is 5.69 Å². The maximum atomic E-state index is 13.1. The molecule has 0 fully saturated rings. The van der Waals surface area contributed by atoms with Gasteiger partial charge in [-0.1, -0.05) is 26.0 Å². The number of rotatable bonds is 8. The van der Waals surface area contributed by atoms with E-state index in [4.69, 9.17) is 21.5 Å². The Kier molecular flexibility index (Phi) is 11.6. The van der Waals surface area contributed by atoms with Crippen molar-refractivity contribution in [2.45, 2.75) is 39.3 Å². The molecular weight excluding hydrogens is 545 g/mol. The van der Waals surface area contributed by atoms with Crippen LogP contribution in [0, 0.1) is 0 Å². The Morgan fingerprint density at radius 2 is 1.61 bits per heavy atom. The van der Waals surface area contributed by atoms with Crippen LogP contribution in [0.25, 0.3) is 6.08 Å². The summed E-state index contributed by atoms with van der Waals surface area (Å²) in [7, 11) is 0. The lowest BCUT2D eigenvalue weighted by molar-refractivity contribution is -0.192. The van der Waals surface area contributed by atoms with E-state index in [0.29, 0.717) is 47.0 Å². The highest BCUT2D eigenvalue weighted by Crippen LogP contribution is 2.29. The Hall–Kier alpha value is -4.72. The maximum Gasteiger partial charge on any atom is 0.490 e. The molecule has 11 nitrogen and oxygen atoms in total. The van der Waals surface area contributed by atoms with E-state index in [1.165, 1.54) is 6.07 Å². The third-order valence-electron chi connectivity index (χ3n) is 5.56. The van der Waals surface area contributed by atoms with Crippen molar-refractivity contribution in [3.8, 4) is 0 Å². The van der Waals surface area contributed by atoms with E-state index in [-0.39, 0.29) is 18.2 Å². The number of benzene rings is 2. The average Bonchev–Trinajstić information content (AvgIpc) is 3.09. The molecule has 0 saturated heterocycles. The molecular formula is C27H31F3N6O5. The van der Waals surface area contributed by atoms with Gasteiger partial charge in [0, 0.05) is 47.5 Å². The minimum absolute atomic E-state index is 0.0436. The Labute approximate surface area is 234 Å². The van der Waals surface area contributed by atoms with Crippen molar-refractivity contribution >= 4 is 47.0 Å². The number of carboxylic acid groups (broad SMARTS) is 1. The molecule has 3 amide bonds. The molecule has 0 unspecified atom stereocenters. The van der Waals surface area contributed by atoms with Gasteiger partial charge in [-0.15, -0.1) is 0 Å². The van der Waals surface area contributed by atoms with Gasteiger partial charge in [-0.05, 0) is 49.2 Å². The molecule has 1 heterocycles. The van der Waals surface area contributed by atoms with E-state index in [2.05, 4.69) is 15.7 Å². The van der Waals surface area contributed by atoms with Gasteiger partial charge in [0.15, 0.2) is 0 Å². The molecule has 1 aliphatic heterocycles. The molecule has 0 spiro atoms. The number of carbonyl (C=O) groups excluding carboxylic acids is 3. The van der Waals surface area contributed by atoms with Gasteiger partial charge in [-0.3, -0.25) is 19.8 Å². The second-order valence-corrected chi connectivity index (χ2v) is 8.83. The zero-order chi connectivity index (χ0) is 30.7. The lowest BCUT2D eigenvalue weighted by Gasteiger charge is -2.22. The summed E-state index contributed by atoms with van der Waals surface area (Å²) in [5.74, 6) is 1.85. The molecule has 0 bridgehead atoms. The van der Waals surface area contributed by atoms with Gasteiger partial charge >= 0.3 is 12.1 Å². The van der Waals surface area contributed by atoms with E-state index in [1.807, 2.05) is 18.7 Å². The van der Waals surface area contributed by atoms with Crippen LogP contribution in [-0.2, 0) is 9.59 Å².